The van der Waals surface area contributed by atoms with E-state index in [0.29, 0.717) is 29.1 Å². The largest absolute Gasteiger partial charge is 0.454 e. The molecule has 0 unspecified atom stereocenters. The van der Waals surface area contributed by atoms with Gasteiger partial charge in [0.05, 0.1) is 32.7 Å². The van der Waals surface area contributed by atoms with E-state index < -0.39 is 16.0 Å². The maximum atomic E-state index is 13.1. The Morgan fingerprint density at radius 1 is 1.06 bits per heavy atom. The van der Waals surface area contributed by atoms with Crippen molar-refractivity contribution >= 4 is 37.9 Å². The third-order valence-corrected chi connectivity index (χ3v) is 7.71. The number of para-hydroxylation sites is 1. The van der Waals surface area contributed by atoms with E-state index in [1.54, 1.807) is 25.1 Å². The molecule has 0 saturated heterocycles. The van der Waals surface area contributed by atoms with E-state index in [1.165, 1.54) is 18.4 Å². The molecule has 0 radical (unpaired) electrons. The molecule has 0 aliphatic carbocycles. The molecular formula is C25H28N4O4S. The summed E-state index contributed by atoms with van der Waals surface area (Å²) in [5.74, 6) is 0.105. The molecule has 2 aromatic heterocycles. The van der Waals surface area contributed by atoms with Gasteiger partial charge in [0.15, 0.2) is 0 Å². The minimum Gasteiger partial charge on any atom is -0.454 e. The Balaban J connectivity index is 1.67. The molecule has 0 aliphatic rings. The minimum absolute atomic E-state index is 0.0328. The lowest BCUT2D eigenvalue weighted by molar-refractivity contribution is 0.0456. The fourth-order valence-corrected chi connectivity index (χ4v) is 5.07. The number of rotatable bonds is 7. The molecule has 0 bridgehead atoms. The Bertz CT molecular complexity index is 1510. The van der Waals surface area contributed by atoms with Crippen LogP contribution >= 0.6 is 0 Å². The van der Waals surface area contributed by atoms with Gasteiger partial charge in [0.1, 0.15) is 12.4 Å². The van der Waals surface area contributed by atoms with Gasteiger partial charge in [-0.1, -0.05) is 25.1 Å². The number of nitrogens with zero attached hydrogens (tertiary/aromatic N) is 4. The van der Waals surface area contributed by atoms with Crippen LogP contribution in [0.25, 0.3) is 21.9 Å². The quantitative estimate of drug-likeness (QED) is 0.368. The van der Waals surface area contributed by atoms with Crippen LogP contribution in [0.15, 0.2) is 47.4 Å². The molecule has 0 atom stereocenters. The van der Waals surface area contributed by atoms with Crippen LogP contribution in [0.4, 0.5) is 0 Å². The lowest BCUT2D eigenvalue weighted by Gasteiger charge is -2.13. The summed E-state index contributed by atoms with van der Waals surface area (Å²) in [6.45, 7) is 6.37. The Hall–Kier alpha value is -3.30. The molecule has 4 aromatic rings. The van der Waals surface area contributed by atoms with E-state index >= 15 is 0 Å². The fourth-order valence-electron chi connectivity index (χ4n) is 4.15. The minimum atomic E-state index is -3.58. The lowest BCUT2D eigenvalue weighted by Crippen LogP contribution is -2.22. The van der Waals surface area contributed by atoms with E-state index in [9.17, 15) is 13.2 Å². The van der Waals surface area contributed by atoms with Gasteiger partial charge in [0.2, 0.25) is 10.0 Å². The zero-order valence-corrected chi connectivity index (χ0v) is 20.8. The number of hydrogen-bond donors (Lipinski definition) is 0. The summed E-state index contributed by atoms with van der Waals surface area (Å²) in [5, 5.41) is 0.910. The van der Waals surface area contributed by atoms with Gasteiger partial charge in [0, 0.05) is 26.0 Å². The van der Waals surface area contributed by atoms with Crippen molar-refractivity contribution in [3.05, 3.63) is 65.1 Å². The third-order valence-electron chi connectivity index (χ3n) is 5.89. The van der Waals surface area contributed by atoms with Crippen LogP contribution in [0.2, 0.25) is 0 Å². The van der Waals surface area contributed by atoms with Crippen molar-refractivity contribution in [1.82, 2.24) is 18.8 Å². The Labute approximate surface area is 199 Å². The lowest BCUT2D eigenvalue weighted by atomic mass is 10.0. The predicted octanol–water partition coefficient (Wildman–Crippen LogP) is 4.22. The zero-order chi connectivity index (χ0) is 24.6. The van der Waals surface area contributed by atoms with Crippen molar-refractivity contribution in [2.24, 2.45) is 0 Å². The molecule has 0 amide bonds. The number of carbonyl (C=O) groups is 1. The van der Waals surface area contributed by atoms with Crippen LogP contribution in [-0.4, -0.2) is 47.3 Å². The molecule has 9 heteroatoms. The molecular weight excluding hydrogens is 452 g/mol. The molecule has 2 heterocycles. The summed E-state index contributed by atoms with van der Waals surface area (Å²) in [6.07, 6.45) is 0.844. The monoisotopic (exact) mass is 480 g/mol. The van der Waals surface area contributed by atoms with E-state index in [4.69, 9.17) is 4.74 Å². The molecule has 0 spiro atoms. The maximum Gasteiger partial charge on any atom is 0.340 e. The maximum absolute atomic E-state index is 13.1. The highest BCUT2D eigenvalue weighted by atomic mass is 32.2. The molecule has 0 N–H and O–H groups in total. The number of hydrogen-bond acceptors (Lipinski definition) is 6. The van der Waals surface area contributed by atoms with E-state index in [1.807, 2.05) is 42.7 Å². The highest BCUT2D eigenvalue weighted by molar-refractivity contribution is 7.89. The van der Waals surface area contributed by atoms with E-state index in [2.05, 4.69) is 9.97 Å². The number of pyridine rings is 1. The van der Waals surface area contributed by atoms with Crippen molar-refractivity contribution < 1.29 is 17.9 Å². The second-order valence-corrected chi connectivity index (χ2v) is 10.6. The normalized spacial score (nSPS) is 12.1. The molecule has 34 heavy (non-hydrogen) atoms. The second-order valence-electron chi connectivity index (χ2n) is 8.41. The number of ether oxygens (including phenoxy) is 1. The summed E-state index contributed by atoms with van der Waals surface area (Å²) in [5.41, 5.74) is 4.07. The van der Waals surface area contributed by atoms with Gasteiger partial charge >= 0.3 is 5.97 Å². The van der Waals surface area contributed by atoms with Crippen molar-refractivity contribution in [3.8, 4) is 0 Å². The standard InChI is InChI=1S/C25H28N4O4S/c1-6-13-29-22-12-11-18(34(31,32)28(4)5)14-21(22)27-23(29)15-33-25(30)24-16(2)19-9-7-8-10-20(19)26-17(24)3/h7-12,14H,6,13,15H2,1-5H3. The number of aryl methyl sites for hydroxylation is 3. The van der Waals surface area contributed by atoms with Crippen molar-refractivity contribution in [2.45, 2.75) is 45.2 Å². The number of esters is 1. The fraction of sp³-hybridized carbons (Fsp3) is 0.320. The van der Waals surface area contributed by atoms with Crippen LogP contribution in [-0.2, 0) is 27.9 Å². The molecule has 0 aliphatic heterocycles. The highest BCUT2D eigenvalue weighted by Crippen LogP contribution is 2.25. The first kappa shape index (κ1) is 23.8. The average molecular weight is 481 g/mol. The molecule has 0 saturated carbocycles. The summed E-state index contributed by atoms with van der Waals surface area (Å²) >= 11 is 0. The van der Waals surface area contributed by atoms with E-state index in [-0.39, 0.29) is 11.5 Å². The number of fused-ring (bicyclic) bond motifs is 2. The van der Waals surface area contributed by atoms with Crippen LogP contribution in [0.1, 0.15) is 40.8 Å². The van der Waals surface area contributed by atoms with Gasteiger partial charge in [-0.25, -0.2) is 22.5 Å². The number of sulfonamides is 1. The number of benzene rings is 2. The van der Waals surface area contributed by atoms with Gasteiger partial charge in [-0.05, 0) is 50.1 Å². The summed E-state index contributed by atoms with van der Waals surface area (Å²) in [6, 6.07) is 12.6. The predicted molar refractivity (Wildman–Crippen MR) is 131 cm³/mol. The summed E-state index contributed by atoms with van der Waals surface area (Å²) in [4.78, 5) is 22.4. The Morgan fingerprint density at radius 2 is 1.79 bits per heavy atom. The first-order chi connectivity index (χ1) is 16.1. The molecule has 8 nitrogen and oxygen atoms in total. The van der Waals surface area contributed by atoms with Gasteiger partial charge in [0.25, 0.3) is 0 Å². The SMILES string of the molecule is CCCn1c(COC(=O)c2c(C)nc3ccccc3c2C)nc2cc(S(=O)(=O)N(C)C)ccc21. The molecule has 2 aromatic carbocycles. The van der Waals surface area contributed by atoms with Gasteiger partial charge in [-0.3, -0.25) is 4.98 Å². The first-order valence-corrected chi connectivity index (χ1v) is 12.5. The van der Waals surface area contributed by atoms with Crippen molar-refractivity contribution in [2.75, 3.05) is 14.1 Å². The topological polar surface area (TPSA) is 94.4 Å². The van der Waals surface area contributed by atoms with E-state index in [0.717, 1.165) is 28.4 Å². The number of carbonyl (C=O) groups excluding carboxylic acids is 1. The Kier molecular flexibility index (Phi) is 6.42. The first-order valence-electron chi connectivity index (χ1n) is 11.1. The van der Waals surface area contributed by atoms with Crippen LogP contribution in [0, 0.1) is 13.8 Å². The van der Waals surface area contributed by atoms with Crippen molar-refractivity contribution in [1.29, 1.82) is 0 Å². The second kappa shape index (κ2) is 9.15. The van der Waals surface area contributed by atoms with Gasteiger partial charge in [-0.2, -0.15) is 0 Å². The molecule has 178 valence electrons. The van der Waals surface area contributed by atoms with Crippen LogP contribution in [0.3, 0.4) is 0 Å². The zero-order valence-electron chi connectivity index (χ0n) is 20.0. The van der Waals surface area contributed by atoms with Gasteiger partial charge < -0.3 is 9.30 Å². The van der Waals surface area contributed by atoms with Crippen LogP contribution < -0.4 is 0 Å². The average Bonchev–Trinajstić information content (AvgIpc) is 3.14. The van der Waals surface area contributed by atoms with Crippen LogP contribution in [0.5, 0.6) is 0 Å². The number of aromatic nitrogens is 3. The van der Waals surface area contributed by atoms with Crippen molar-refractivity contribution in [3.63, 3.8) is 0 Å². The summed E-state index contributed by atoms with van der Waals surface area (Å²) < 4.78 is 33.9. The third kappa shape index (κ3) is 4.17. The number of imidazole rings is 1. The highest BCUT2D eigenvalue weighted by Gasteiger charge is 2.22. The smallest absolute Gasteiger partial charge is 0.340 e. The van der Waals surface area contributed by atoms with Gasteiger partial charge in [-0.15, -0.1) is 0 Å². The molecule has 0 fully saturated rings. The molecule has 4 rings (SSSR count). The Morgan fingerprint density at radius 3 is 2.50 bits per heavy atom. The summed E-state index contributed by atoms with van der Waals surface area (Å²) in [7, 11) is -0.598.